The number of halogens is 1. The summed E-state index contributed by atoms with van der Waals surface area (Å²) in [5.41, 5.74) is 6.72. The molecule has 0 bridgehead atoms. The summed E-state index contributed by atoms with van der Waals surface area (Å²) in [5.74, 6) is 2.51. The van der Waals surface area contributed by atoms with E-state index >= 15 is 0 Å². The lowest BCUT2D eigenvalue weighted by Gasteiger charge is -2.14. The molecular formula is C15H20FNO. The van der Waals surface area contributed by atoms with Crippen molar-refractivity contribution in [3.05, 3.63) is 29.6 Å². The van der Waals surface area contributed by atoms with Crippen LogP contribution < -0.4 is 10.5 Å². The summed E-state index contributed by atoms with van der Waals surface area (Å²) < 4.78 is 19.2. The van der Waals surface area contributed by atoms with Gasteiger partial charge in [0.1, 0.15) is 0 Å². The second-order valence-electron chi connectivity index (χ2n) is 4.26. The van der Waals surface area contributed by atoms with Crippen molar-refractivity contribution in [3.8, 4) is 18.1 Å². The maximum atomic E-state index is 13.7. The lowest BCUT2D eigenvalue weighted by molar-refractivity contribution is 0.293. The Bertz CT molecular complexity index is 411. The van der Waals surface area contributed by atoms with Crippen LogP contribution in [0.5, 0.6) is 5.75 Å². The maximum Gasteiger partial charge on any atom is 0.165 e. The minimum Gasteiger partial charge on any atom is -0.490 e. The van der Waals surface area contributed by atoms with Crippen molar-refractivity contribution in [1.29, 1.82) is 0 Å². The summed E-state index contributed by atoms with van der Waals surface area (Å²) in [4.78, 5) is 0. The molecule has 2 N–H and O–H groups in total. The Morgan fingerprint density at radius 3 is 2.94 bits per heavy atom. The first kappa shape index (κ1) is 14.5. The third-order valence-electron chi connectivity index (χ3n) is 2.77. The molecular weight excluding hydrogens is 229 g/mol. The number of hydrogen-bond donors (Lipinski definition) is 1. The number of benzene rings is 1. The van der Waals surface area contributed by atoms with E-state index in [1.807, 2.05) is 13.0 Å². The topological polar surface area (TPSA) is 35.2 Å². The Labute approximate surface area is 108 Å². The van der Waals surface area contributed by atoms with Gasteiger partial charge in [-0.2, -0.15) is 0 Å². The lowest BCUT2D eigenvalue weighted by Crippen LogP contribution is -2.22. The number of terminal acetylenes is 1. The molecule has 0 saturated heterocycles. The Kier molecular flexibility index (Phi) is 6.24. The van der Waals surface area contributed by atoms with Crippen LogP contribution in [0.3, 0.4) is 0 Å². The van der Waals surface area contributed by atoms with Gasteiger partial charge < -0.3 is 10.5 Å². The highest BCUT2D eigenvalue weighted by molar-refractivity contribution is 5.35. The van der Waals surface area contributed by atoms with Crippen molar-refractivity contribution in [2.24, 2.45) is 5.73 Å². The van der Waals surface area contributed by atoms with Crippen LogP contribution in [0.15, 0.2) is 18.2 Å². The molecule has 0 heterocycles. The fourth-order valence-electron chi connectivity index (χ4n) is 1.65. The van der Waals surface area contributed by atoms with Crippen molar-refractivity contribution in [2.45, 2.75) is 38.6 Å². The van der Waals surface area contributed by atoms with Gasteiger partial charge in [-0.25, -0.2) is 4.39 Å². The predicted octanol–water partition coefficient (Wildman–Crippen LogP) is 2.90. The molecule has 0 aliphatic rings. The Morgan fingerprint density at radius 1 is 1.50 bits per heavy atom. The molecule has 0 aliphatic carbocycles. The minimum atomic E-state index is -0.337. The van der Waals surface area contributed by atoms with E-state index in [2.05, 4.69) is 5.92 Å². The van der Waals surface area contributed by atoms with Gasteiger partial charge in [0, 0.05) is 12.5 Å². The maximum absolute atomic E-state index is 13.7. The molecule has 1 unspecified atom stereocenters. The normalized spacial score (nSPS) is 11.9. The summed E-state index contributed by atoms with van der Waals surface area (Å²) >= 11 is 0. The third kappa shape index (κ3) is 4.38. The molecule has 0 saturated carbocycles. The molecule has 0 amide bonds. The molecule has 18 heavy (non-hydrogen) atoms. The van der Waals surface area contributed by atoms with Gasteiger partial charge in [0.05, 0.1) is 6.61 Å². The highest BCUT2D eigenvalue weighted by Gasteiger charge is 2.12. The van der Waals surface area contributed by atoms with Crippen LogP contribution >= 0.6 is 0 Å². The van der Waals surface area contributed by atoms with E-state index in [9.17, 15) is 4.39 Å². The van der Waals surface area contributed by atoms with Gasteiger partial charge in [-0.3, -0.25) is 0 Å². The zero-order valence-electron chi connectivity index (χ0n) is 10.8. The Morgan fingerprint density at radius 2 is 2.28 bits per heavy atom. The van der Waals surface area contributed by atoms with Crippen molar-refractivity contribution < 1.29 is 9.13 Å². The first-order chi connectivity index (χ1) is 8.69. The highest BCUT2D eigenvalue weighted by Crippen LogP contribution is 2.24. The van der Waals surface area contributed by atoms with E-state index in [-0.39, 0.29) is 11.9 Å². The number of rotatable bonds is 7. The van der Waals surface area contributed by atoms with Crippen LogP contribution in [0.4, 0.5) is 4.39 Å². The van der Waals surface area contributed by atoms with Gasteiger partial charge in [-0.05, 0) is 30.9 Å². The first-order valence-corrected chi connectivity index (χ1v) is 6.28. The zero-order valence-corrected chi connectivity index (χ0v) is 10.8. The first-order valence-electron chi connectivity index (χ1n) is 6.28. The Balaban J connectivity index is 2.71. The van der Waals surface area contributed by atoms with Gasteiger partial charge in [0.2, 0.25) is 0 Å². The summed E-state index contributed by atoms with van der Waals surface area (Å²) in [6.45, 7) is 2.44. The van der Waals surface area contributed by atoms with Crippen molar-refractivity contribution in [3.63, 3.8) is 0 Å². The summed E-state index contributed by atoms with van der Waals surface area (Å²) in [5, 5.41) is 0. The second-order valence-corrected chi connectivity index (χ2v) is 4.26. The molecule has 1 aromatic carbocycles. The standard InChI is InChI=1S/C15H20FNO/c1-3-5-6-10-18-15-12(11-13(17)4-2)8-7-9-14(15)16/h1,7-9,13H,4-6,10-11,17H2,2H3. The smallest absolute Gasteiger partial charge is 0.165 e. The highest BCUT2D eigenvalue weighted by atomic mass is 19.1. The fraction of sp³-hybridized carbons (Fsp3) is 0.467. The van der Waals surface area contributed by atoms with Crippen molar-refractivity contribution in [1.82, 2.24) is 0 Å². The fourth-order valence-corrected chi connectivity index (χ4v) is 1.65. The van der Waals surface area contributed by atoms with Gasteiger partial charge in [0.25, 0.3) is 0 Å². The van der Waals surface area contributed by atoms with E-state index < -0.39 is 0 Å². The molecule has 1 rings (SSSR count). The number of hydrogen-bond acceptors (Lipinski definition) is 2. The second kappa shape index (κ2) is 7.73. The van der Waals surface area contributed by atoms with Gasteiger partial charge in [-0.15, -0.1) is 12.3 Å². The lowest BCUT2D eigenvalue weighted by atomic mass is 10.0. The summed E-state index contributed by atoms with van der Waals surface area (Å²) in [7, 11) is 0. The van der Waals surface area contributed by atoms with Crippen LogP contribution in [-0.2, 0) is 6.42 Å². The number of ether oxygens (including phenoxy) is 1. The van der Waals surface area contributed by atoms with Gasteiger partial charge >= 0.3 is 0 Å². The SMILES string of the molecule is C#CCCCOc1c(F)cccc1CC(N)CC. The number of para-hydroxylation sites is 1. The van der Waals surface area contributed by atoms with Crippen molar-refractivity contribution in [2.75, 3.05) is 6.61 Å². The van der Waals surface area contributed by atoms with Gasteiger partial charge in [0.15, 0.2) is 11.6 Å². The minimum absolute atomic E-state index is 0.0276. The molecule has 2 nitrogen and oxygen atoms in total. The molecule has 1 atom stereocenters. The number of nitrogens with two attached hydrogens (primary N) is 1. The summed E-state index contributed by atoms with van der Waals surface area (Å²) in [6, 6.07) is 4.97. The van der Waals surface area contributed by atoms with E-state index in [0.717, 1.165) is 18.4 Å². The van der Waals surface area contributed by atoms with Crippen LogP contribution in [0, 0.1) is 18.2 Å². The third-order valence-corrected chi connectivity index (χ3v) is 2.77. The van der Waals surface area contributed by atoms with Crippen LogP contribution in [0.1, 0.15) is 31.7 Å². The van der Waals surface area contributed by atoms with E-state index in [4.69, 9.17) is 16.9 Å². The van der Waals surface area contributed by atoms with E-state index in [1.54, 1.807) is 6.07 Å². The molecule has 0 aliphatic heterocycles. The molecule has 0 radical (unpaired) electrons. The van der Waals surface area contributed by atoms with Crippen LogP contribution in [-0.4, -0.2) is 12.6 Å². The summed E-state index contributed by atoms with van der Waals surface area (Å²) in [6.07, 6.45) is 8.00. The Hall–Kier alpha value is -1.53. The zero-order chi connectivity index (χ0) is 13.4. The average Bonchev–Trinajstić information content (AvgIpc) is 2.37. The molecule has 0 aromatic heterocycles. The van der Waals surface area contributed by atoms with Gasteiger partial charge in [-0.1, -0.05) is 19.1 Å². The molecule has 0 spiro atoms. The van der Waals surface area contributed by atoms with Crippen LogP contribution in [0.2, 0.25) is 0 Å². The molecule has 1 aromatic rings. The van der Waals surface area contributed by atoms with Crippen molar-refractivity contribution >= 4 is 0 Å². The van der Waals surface area contributed by atoms with E-state index in [1.165, 1.54) is 6.07 Å². The quantitative estimate of drug-likeness (QED) is 0.595. The number of unbranched alkanes of at least 4 members (excludes halogenated alkanes) is 1. The van der Waals surface area contributed by atoms with E-state index in [0.29, 0.717) is 25.2 Å². The molecule has 98 valence electrons. The predicted molar refractivity (Wildman–Crippen MR) is 71.9 cm³/mol. The largest absolute Gasteiger partial charge is 0.490 e. The average molecular weight is 249 g/mol. The monoisotopic (exact) mass is 249 g/mol. The van der Waals surface area contributed by atoms with Crippen LogP contribution in [0.25, 0.3) is 0 Å². The molecule has 3 heteroatoms. The molecule has 0 fully saturated rings.